The summed E-state index contributed by atoms with van der Waals surface area (Å²) >= 11 is 0. The molecule has 0 heterocycles. The van der Waals surface area contributed by atoms with Crippen molar-refractivity contribution in [3.8, 4) is 0 Å². The smallest absolute Gasteiger partial charge is 0.0625 e. The van der Waals surface area contributed by atoms with Crippen LogP contribution in [0.5, 0.6) is 0 Å². The summed E-state index contributed by atoms with van der Waals surface area (Å²) in [5.41, 5.74) is 0. The summed E-state index contributed by atoms with van der Waals surface area (Å²) in [4.78, 5) is 0. The van der Waals surface area contributed by atoms with Crippen LogP contribution < -0.4 is 5.19 Å². The van der Waals surface area contributed by atoms with Crippen LogP contribution in [-0.2, 0) is 0 Å². The van der Waals surface area contributed by atoms with Gasteiger partial charge in [0, 0.05) is 0 Å². The Balaban J connectivity index is 2.82. The van der Waals surface area contributed by atoms with Gasteiger partial charge in [-0.3, -0.25) is 0 Å². The largest absolute Gasteiger partial charge is 0.185 e. The van der Waals surface area contributed by atoms with E-state index in [1.807, 2.05) is 0 Å². The van der Waals surface area contributed by atoms with Crippen molar-refractivity contribution >= 4 is 13.3 Å². The van der Waals surface area contributed by atoms with Gasteiger partial charge in [0.1, 0.15) is 0 Å². The zero-order valence-corrected chi connectivity index (χ0v) is 9.30. The quantitative estimate of drug-likeness (QED) is 0.624. The van der Waals surface area contributed by atoms with Crippen molar-refractivity contribution in [2.75, 3.05) is 0 Å². The molecule has 0 radical (unpaired) electrons. The van der Waals surface area contributed by atoms with Crippen molar-refractivity contribution in [1.29, 1.82) is 0 Å². The minimum atomic E-state index is -1.08. The van der Waals surface area contributed by atoms with Crippen LogP contribution >= 0.6 is 0 Å². The Hall–Kier alpha value is -0.563. The number of benzene rings is 1. The van der Waals surface area contributed by atoms with Gasteiger partial charge in [-0.05, 0) is 0 Å². The highest BCUT2D eigenvalue weighted by atomic mass is 28.3. The predicted octanol–water partition coefficient (Wildman–Crippen LogP) is 3.01. The summed E-state index contributed by atoms with van der Waals surface area (Å²) in [5, 5.41) is 1.59. The van der Waals surface area contributed by atoms with Crippen molar-refractivity contribution in [2.45, 2.75) is 32.5 Å². The Bertz CT molecular complexity index is 226. The lowest BCUT2D eigenvalue weighted by Crippen LogP contribution is -2.40. The molecule has 12 heavy (non-hydrogen) atoms. The Morgan fingerprint density at radius 1 is 1.08 bits per heavy atom. The molecule has 0 aromatic heterocycles. The van der Waals surface area contributed by atoms with Gasteiger partial charge in [0.25, 0.3) is 0 Å². The molecule has 0 N–H and O–H groups in total. The van der Waals surface area contributed by atoms with E-state index in [0.29, 0.717) is 0 Å². The average molecular weight is 178 g/mol. The van der Waals surface area contributed by atoms with Crippen LogP contribution in [0.1, 0.15) is 13.3 Å². The zero-order valence-electron chi connectivity index (χ0n) is 8.30. The van der Waals surface area contributed by atoms with Crippen LogP contribution in [0.4, 0.5) is 0 Å². The predicted molar refractivity (Wildman–Crippen MR) is 58.7 cm³/mol. The van der Waals surface area contributed by atoms with Crippen molar-refractivity contribution in [3.05, 3.63) is 30.3 Å². The maximum absolute atomic E-state index is 2.45. The van der Waals surface area contributed by atoms with Crippen LogP contribution in [-0.4, -0.2) is 8.07 Å². The fourth-order valence-corrected chi connectivity index (χ4v) is 4.29. The van der Waals surface area contributed by atoms with E-state index in [9.17, 15) is 0 Å². The molecule has 1 aromatic carbocycles. The molecule has 0 spiro atoms. The molecule has 0 aliphatic rings. The van der Waals surface area contributed by atoms with E-state index < -0.39 is 8.07 Å². The molecule has 67 valence electrons. The van der Waals surface area contributed by atoms with E-state index in [2.05, 4.69) is 50.3 Å². The molecule has 1 rings (SSSR count). The first-order valence-electron chi connectivity index (χ1n) is 4.72. The van der Waals surface area contributed by atoms with E-state index in [1.165, 1.54) is 12.5 Å². The molecule has 0 saturated heterocycles. The molecular weight excluding hydrogens is 160 g/mol. The SMILES string of the molecule is CCC[Si-](C)(C)c1ccccc1. The fourth-order valence-electron chi connectivity index (χ4n) is 1.66. The average Bonchev–Trinajstić information content (AvgIpc) is 2.06. The molecule has 0 amide bonds. The first-order chi connectivity index (χ1) is 5.67. The molecule has 0 bridgehead atoms. The van der Waals surface area contributed by atoms with E-state index in [4.69, 9.17) is 0 Å². The molecule has 1 aromatic rings. The van der Waals surface area contributed by atoms with Gasteiger partial charge in [0.2, 0.25) is 0 Å². The monoisotopic (exact) mass is 178 g/mol. The Kier molecular flexibility index (Phi) is 3.10. The molecule has 0 fully saturated rings. The third-order valence-corrected chi connectivity index (χ3v) is 6.08. The number of rotatable bonds is 3. The summed E-state index contributed by atoms with van der Waals surface area (Å²) in [6.45, 7) is 7.18. The molecule has 0 atom stereocenters. The van der Waals surface area contributed by atoms with E-state index in [0.717, 1.165) is 0 Å². The highest BCUT2D eigenvalue weighted by Gasteiger charge is 2.07. The number of hydrogen-bond donors (Lipinski definition) is 0. The normalized spacial score (nSPS) is 11.6. The maximum Gasteiger partial charge on any atom is -0.0625 e. The minimum absolute atomic E-state index is 1.08. The van der Waals surface area contributed by atoms with Crippen LogP contribution in [0.25, 0.3) is 0 Å². The van der Waals surface area contributed by atoms with E-state index in [1.54, 1.807) is 5.19 Å². The third kappa shape index (κ3) is 2.21. The van der Waals surface area contributed by atoms with Gasteiger partial charge in [-0.1, -0.05) is 43.7 Å². The van der Waals surface area contributed by atoms with Crippen molar-refractivity contribution in [1.82, 2.24) is 0 Å². The zero-order chi connectivity index (χ0) is 9.03. The lowest BCUT2D eigenvalue weighted by molar-refractivity contribution is 1.05. The Labute approximate surface area is 76.6 Å². The van der Waals surface area contributed by atoms with Crippen LogP contribution in [0.2, 0.25) is 19.1 Å². The number of hydrogen-bond acceptors (Lipinski definition) is 0. The second-order valence-corrected chi connectivity index (χ2v) is 8.85. The Morgan fingerprint density at radius 3 is 2.17 bits per heavy atom. The van der Waals surface area contributed by atoms with Gasteiger partial charge in [-0.25, -0.2) is 0 Å². The molecule has 0 aliphatic heterocycles. The van der Waals surface area contributed by atoms with Crippen LogP contribution in [0.3, 0.4) is 0 Å². The first-order valence-corrected chi connectivity index (χ1v) is 7.93. The maximum atomic E-state index is 2.45. The summed E-state index contributed by atoms with van der Waals surface area (Å²) in [5.74, 6) is 0. The third-order valence-electron chi connectivity index (χ3n) is 2.43. The second-order valence-electron chi connectivity index (χ2n) is 4.00. The molecule has 0 aliphatic carbocycles. The van der Waals surface area contributed by atoms with E-state index >= 15 is 0 Å². The molecule has 0 saturated carbocycles. The van der Waals surface area contributed by atoms with Crippen molar-refractivity contribution in [2.24, 2.45) is 0 Å². The first kappa shape index (κ1) is 9.52. The molecule has 1 heteroatoms. The van der Waals surface area contributed by atoms with Crippen molar-refractivity contribution in [3.63, 3.8) is 0 Å². The highest BCUT2D eigenvalue weighted by Crippen LogP contribution is 2.11. The van der Waals surface area contributed by atoms with Crippen molar-refractivity contribution < 1.29 is 0 Å². The van der Waals surface area contributed by atoms with Crippen LogP contribution in [0.15, 0.2) is 30.3 Å². The molecular formula is C11H18Si-. The van der Waals surface area contributed by atoms with Gasteiger partial charge in [0.15, 0.2) is 0 Å². The molecule has 0 unspecified atom stereocenters. The van der Waals surface area contributed by atoms with Crippen LogP contribution in [0, 0.1) is 0 Å². The van der Waals surface area contributed by atoms with Gasteiger partial charge < -0.3 is 0 Å². The minimum Gasteiger partial charge on any atom is -0.185 e. The van der Waals surface area contributed by atoms with Gasteiger partial charge >= 0.3 is 0 Å². The summed E-state index contributed by atoms with van der Waals surface area (Å²) in [6.07, 6.45) is 1.31. The lowest BCUT2D eigenvalue weighted by atomic mass is 10.4. The summed E-state index contributed by atoms with van der Waals surface area (Å²) < 4.78 is 0. The fraction of sp³-hybridized carbons (Fsp3) is 0.455. The van der Waals surface area contributed by atoms with Gasteiger partial charge in [0.05, 0.1) is 0 Å². The standard InChI is InChI=1S/C11H18Si/c1-4-10-12(2,3)11-8-6-5-7-9-11/h5-9H,4,10H2,1-3H3/q-1. The highest BCUT2D eigenvalue weighted by molar-refractivity contribution is 6.89. The summed E-state index contributed by atoms with van der Waals surface area (Å²) in [7, 11) is -1.08. The topological polar surface area (TPSA) is 0 Å². The lowest BCUT2D eigenvalue weighted by Gasteiger charge is -2.34. The van der Waals surface area contributed by atoms with E-state index in [-0.39, 0.29) is 0 Å². The summed E-state index contributed by atoms with van der Waals surface area (Å²) in [6, 6.07) is 12.4. The van der Waals surface area contributed by atoms with Gasteiger partial charge in [-0.2, -0.15) is 24.3 Å². The molecule has 0 nitrogen and oxygen atoms in total. The van der Waals surface area contributed by atoms with Gasteiger partial charge in [-0.15, -0.1) is 8.07 Å². The Morgan fingerprint density at radius 2 is 1.67 bits per heavy atom. The second kappa shape index (κ2) is 3.90.